The highest BCUT2D eigenvalue weighted by atomic mass is 32.3. The van der Waals surface area contributed by atoms with Gasteiger partial charge in [0.05, 0.1) is 0 Å². The lowest BCUT2D eigenvalue weighted by Crippen LogP contribution is -2.16. The van der Waals surface area contributed by atoms with Crippen molar-refractivity contribution in [2.45, 2.75) is 0 Å². The molecule has 0 N–H and O–H groups in total. The van der Waals surface area contributed by atoms with Crippen LogP contribution in [-0.2, 0) is 10.4 Å². The van der Waals surface area contributed by atoms with E-state index < -0.39 is 22.0 Å². The topological polar surface area (TPSA) is 52.6 Å². The van der Waals surface area contributed by atoms with Crippen LogP contribution in [0.3, 0.4) is 0 Å². The molecule has 0 atom stereocenters. The summed E-state index contributed by atoms with van der Waals surface area (Å²) in [7, 11) is -4.45. The summed E-state index contributed by atoms with van der Waals surface area (Å²) in [6.07, 6.45) is 0. The monoisotopic (exact) mass is 286 g/mol. The lowest BCUT2D eigenvalue weighted by molar-refractivity contribution is 0.390. The minimum absolute atomic E-state index is 0.239. The Morgan fingerprint density at radius 1 is 0.789 bits per heavy atom. The summed E-state index contributed by atoms with van der Waals surface area (Å²) in [5.41, 5.74) is 0. The highest BCUT2D eigenvalue weighted by Crippen LogP contribution is 2.18. The van der Waals surface area contributed by atoms with Gasteiger partial charge in [0.15, 0.2) is 0 Å². The zero-order chi connectivity index (χ0) is 13.9. The van der Waals surface area contributed by atoms with Crippen molar-refractivity contribution < 1.29 is 25.6 Å². The molecule has 100 valence electrons. The molecular weight excluding hydrogens is 278 g/mol. The summed E-state index contributed by atoms with van der Waals surface area (Å²) < 4.78 is 57.7. The van der Waals surface area contributed by atoms with Gasteiger partial charge in [-0.1, -0.05) is 12.1 Å². The zero-order valence-electron chi connectivity index (χ0n) is 9.42. The Bertz CT molecular complexity index is 632. The number of hydrogen-bond acceptors (Lipinski definition) is 4. The highest BCUT2D eigenvalue weighted by Gasteiger charge is 2.16. The molecule has 0 saturated carbocycles. The Labute approximate surface area is 108 Å². The van der Waals surface area contributed by atoms with Gasteiger partial charge >= 0.3 is 10.4 Å². The van der Waals surface area contributed by atoms with Gasteiger partial charge in [-0.2, -0.15) is 0 Å². The lowest BCUT2D eigenvalue weighted by atomic mass is 10.3. The molecule has 0 fully saturated rings. The molecule has 0 aromatic heterocycles. The van der Waals surface area contributed by atoms with Crippen molar-refractivity contribution in [3.8, 4) is 11.5 Å². The van der Waals surface area contributed by atoms with Gasteiger partial charge in [0.25, 0.3) is 0 Å². The van der Waals surface area contributed by atoms with Gasteiger partial charge in [-0.15, -0.1) is 8.42 Å². The molecule has 19 heavy (non-hydrogen) atoms. The molecule has 0 aliphatic rings. The highest BCUT2D eigenvalue weighted by molar-refractivity contribution is 7.82. The maximum absolute atomic E-state index is 12.9. The van der Waals surface area contributed by atoms with Crippen LogP contribution in [0.4, 0.5) is 8.78 Å². The van der Waals surface area contributed by atoms with Crippen LogP contribution >= 0.6 is 0 Å². The van der Waals surface area contributed by atoms with E-state index in [1.807, 2.05) is 0 Å². The van der Waals surface area contributed by atoms with Crippen molar-refractivity contribution in [3.63, 3.8) is 0 Å². The summed E-state index contributed by atoms with van der Waals surface area (Å²) in [5.74, 6) is -1.79. The van der Waals surface area contributed by atoms with Crippen LogP contribution in [0.15, 0.2) is 48.5 Å². The third-order valence-corrected chi connectivity index (χ3v) is 2.78. The fourth-order valence-corrected chi connectivity index (χ4v) is 2.00. The zero-order valence-corrected chi connectivity index (χ0v) is 10.2. The summed E-state index contributed by atoms with van der Waals surface area (Å²) in [6, 6.07) is 9.08. The standard InChI is InChI=1S/C12H8F2O4S/c13-9-3-1-5-11(7-9)17-19(15,16)18-12-6-2-4-10(14)8-12/h1-8H. The van der Waals surface area contributed by atoms with Crippen molar-refractivity contribution in [2.75, 3.05) is 0 Å². The largest absolute Gasteiger partial charge is 0.500 e. The Hall–Kier alpha value is -2.15. The van der Waals surface area contributed by atoms with Crippen molar-refractivity contribution in [3.05, 3.63) is 60.2 Å². The van der Waals surface area contributed by atoms with Crippen molar-refractivity contribution in [2.24, 2.45) is 0 Å². The normalized spacial score (nSPS) is 11.1. The number of rotatable bonds is 4. The molecule has 2 aromatic carbocycles. The molecule has 0 unspecified atom stereocenters. The first-order valence-corrected chi connectivity index (χ1v) is 6.43. The van der Waals surface area contributed by atoms with Gasteiger partial charge in [-0.05, 0) is 24.3 Å². The quantitative estimate of drug-likeness (QED) is 0.867. The maximum Gasteiger partial charge on any atom is 0.500 e. The van der Waals surface area contributed by atoms with E-state index in [9.17, 15) is 17.2 Å². The SMILES string of the molecule is O=S(=O)(Oc1cccc(F)c1)Oc1cccc(F)c1. The molecule has 0 radical (unpaired) electrons. The van der Waals surface area contributed by atoms with Gasteiger partial charge in [0.2, 0.25) is 0 Å². The van der Waals surface area contributed by atoms with Crippen LogP contribution in [0.5, 0.6) is 11.5 Å². The van der Waals surface area contributed by atoms with E-state index in [0.29, 0.717) is 0 Å². The fourth-order valence-electron chi connectivity index (χ4n) is 1.29. The van der Waals surface area contributed by atoms with Crippen LogP contribution in [0.2, 0.25) is 0 Å². The minimum atomic E-state index is -4.45. The van der Waals surface area contributed by atoms with Crippen LogP contribution in [-0.4, -0.2) is 8.42 Å². The van der Waals surface area contributed by atoms with Gasteiger partial charge < -0.3 is 8.37 Å². The van der Waals surface area contributed by atoms with E-state index >= 15 is 0 Å². The van der Waals surface area contributed by atoms with Gasteiger partial charge in [-0.3, -0.25) is 0 Å². The van der Waals surface area contributed by atoms with Crippen LogP contribution in [0.25, 0.3) is 0 Å². The van der Waals surface area contributed by atoms with Crippen molar-refractivity contribution >= 4 is 10.4 Å². The van der Waals surface area contributed by atoms with E-state index in [-0.39, 0.29) is 11.5 Å². The predicted molar refractivity (Wildman–Crippen MR) is 63.0 cm³/mol. The van der Waals surface area contributed by atoms with Crippen molar-refractivity contribution in [1.82, 2.24) is 0 Å². The van der Waals surface area contributed by atoms with Crippen LogP contribution in [0.1, 0.15) is 0 Å². The lowest BCUT2D eigenvalue weighted by Gasteiger charge is -2.07. The van der Waals surface area contributed by atoms with Gasteiger partial charge in [0, 0.05) is 12.1 Å². The molecule has 0 spiro atoms. The summed E-state index contributed by atoms with van der Waals surface area (Å²) in [6.45, 7) is 0. The first-order chi connectivity index (χ1) is 8.94. The molecule has 0 aliphatic carbocycles. The summed E-state index contributed by atoms with van der Waals surface area (Å²) in [5, 5.41) is 0. The van der Waals surface area contributed by atoms with Crippen molar-refractivity contribution in [1.29, 1.82) is 0 Å². The Kier molecular flexibility index (Phi) is 3.66. The second kappa shape index (κ2) is 5.23. The minimum Gasteiger partial charge on any atom is -0.353 e. The summed E-state index contributed by atoms with van der Waals surface area (Å²) >= 11 is 0. The number of hydrogen-bond donors (Lipinski definition) is 0. The van der Waals surface area contributed by atoms with Crippen LogP contribution < -0.4 is 8.37 Å². The third-order valence-electron chi connectivity index (χ3n) is 1.99. The second-order valence-electron chi connectivity index (χ2n) is 3.49. The van der Waals surface area contributed by atoms with E-state index in [1.54, 1.807) is 0 Å². The first-order valence-electron chi connectivity index (χ1n) is 5.10. The smallest absolute Gasteiger partial charge is 0.353 e. The first kappa shape index (κ1) is 13.3. The Balaban J connectivity index is 2.15. The van der Waals surface area contributed by atoms with E-state index in [4.69, 9.17) is 0 Å². The predicted octanol–water partition coefficient (Wildman–Crippen LogP) is 2.67. The molecule has 0 aliphatic heterocycles. The van der Waals surface area contributed by atoms with Gasteiger partial charge in [-0.25, -0.2) is 8.78 Å². The molecule has 0 amide bonds. The number of benzene rings is 2. The maximum atomic E-state index is 12.9. The van der Waals surface area contributed by atoms with E-state index in [1.165, 1.54) is 24.3 Å². The molecule has 4 nitrogen and oxygen atoms in total. The third kappa shape index (κ3) is 3.92. The second-order valence-corrected chi connectivity index (χ2v) is 4.64. The van der Waals surface area contributed by atoms with Crippen LogP contribution in [0, 0.1) is 11.6 Å². The molecule has 2 rings (SSSR count). The molecule has 0 bridgehead atoms. The average Bonchev–Trinajstić information content (AvgIpc) is 2.27. The Morgan fingerprint density at radius 2 is 1.21 bits per heavy atom. The number of halogens is 2. The molecule has 0 heterocycles. The average molecular weight is 286 g/mol. The van der Waals surface area contributed by atoms with Gasteiger partial charge in [0.1, 0.15) is 23.1 Å². The molecule has 0 saturated heterocycles. The molecule has 7 heteroatoms. The fraction of sp³-hybridized carbons (Fsp3) is 0. The van der Waals surface area contributed by atoms with E-state index in [0.717, 1.165) is 24.3 Å². The molecule has 2 aromatic rings. The Morgan fingerprint density at radius 3 is 1.58 bits per heavy atom. The van der Waals surface area contributed by atoms with E-state index in [2.05, 4.69) is 8.37 Å². The molecular formula is C12H8F2O4S. The summed E-state index contributed by atoms with van der Waals surface area (Å²) in [4.78, 5) is 0.